The van der Waals surface area contributed by atoms with Crippen molar-refractivity contribution in [3.05, 3.63) is 57.7 Å². The molecular formula is C14H10F2N2O3S2. The van der Waals surface area contributed by atoms with Gasteiger partial charge in [-0.25, -0.2) is 17.2 Å². The summed E-state index contributed by atoms with van der Waals surface area (Å²) in [5, 5.41) is 0. The summed E-state index contributed by atoms with van der Waals surface area (Å²) in [4.78, 5) is 10.4. The highest BCUT2D eigenvalue weighted by atomic mass is 32.2. The van der Waals surface area contributed by atoms with Gasteiger partial charge in [0.15, 0.2) is 4.90 Å². The Morgan fingerprint density at radius 3 is 2.43 bits per heavy atom. The summed E-state index contributed by atoms with van der Waals surface area (Å²) in [5.41, 5.74) is 0.628. The average molecular weight is 356 g/mol. The molecule has 9 heteroatoms. The molecule has 1 heterocycles. The first kappa shape index (κ1) is 15.6. The van der Waals surface area contributed by atoms with Crippen molar-refractivity contribution in [1.82, 2.24) is 4.57 Å². The lowest BCUT2D eigenvalue weighted by Crippen LogP contribution is -2.16. The summed E-state index contributed by atoms with van der Waals surface area (Å²) in [6.45, 7) is 0. The van der Waals surface area contributed by atoms with Crippen LogP contribution in [0.15, 0.2) is 46.1 Å². The molecule has 23 heavy (non-hydrogen) atoms. The second-order valence-corrected chi connectivity index (χ2v) is 7.38. The Morgan fingerprint density at radius 1 is 1.13 bits per heavy atom. The Bertz CT molecular complexity index is 1050. The third-order valence-electron chi connectivity index (χ3n) is 3.23. The highest BCUT2D eigenvalue weighted by molar-refractivity contribution is 7.92. The van der Waals surface area contributed by atoms with Crippen LogP contribution >= 0.6 is 11.3 Å². The fraction of sp³-hybridized carbons (Fsp3) is 0.0714. The Morgan fingerprint density at radius 2 is 1.78 bits per heavy atom. The predicted molar refractivity (Wildman–Crippen MR) is 84.2 cm³/mol. The summed E-state index contributed by atoms with van der Waals surface area (Å²) in [6, 6.07) is 7.23. The van der Waals surface area contributed by atoms with Crippen LogP contribution in [0.1, 0.15) is 0 Å². The first-order valence-corrected chi connectivity index (χ1v) is 8.66. The summed E-state index contributed by atoms with van der Waals surface area (Å²) in [7, 11) is -2.88. The maximum atomic E-state index is 13.7. The normalized spacial score (nSPS) is 11.8. The number of benzene rings is 2. The van der Waals surface area contributed by atoms with Gasteiger partial charge in [-0.2, -0.15) is 0 Å². The van der Waals surface area contributed by atoms with Gasteiger partial charge in [-0.05, 0) is 30.3 Å². The average Bonchev–Trinajstić information content (AvgIpc) is 2.73. The number of halogens is 2. The van der Waals surface area contributed by atoms with Gasteiger partial charge in [0.25, 0.3) is 10.0 Å². The first-order valence-electron chi connectivity index (χ1n) is 6.36. The third-order valence-corrected chi connectivity index (χ3v) is 5.68. The molecule has 0 radical (unpaired) electrons. The van der Waals surface area contributed by atoms with Crippen LogP contribution < -0.4 is 9.60 Å². The number of thiazole rings is 1. The minimum atomic E-state index is -4.43. The van der Waals surface area contributed by atoms with Crippen LogP contribution in [0.3, 0.4) is 0 Å². The molecule has 1 aromatic heterocycles. The van der Waals surface area contributed by atoms with Crippen molar-refractivity contribution >= 4 is 37.3 Å². The van der Waals surface area contributed by atoms with Gasteiger partial charge in [-0.1, -0.05) is 17.4 Å². The lowest BCUT2D eigenvalue weighted by atomic mass is 10.3. The van der Waals surface area contributed by atoms with E-state index in [1.165, 1.54) is 16.7 Å². The molecule has 0 aliphatic rings. The Kier molecular flexibility index (Phi) is 3.69. The molecule has 0 saturated carbocycles. The van der Waals surface area contributed by atoms with Gasteiger partial charge in [0, 0.05) is 7.05 Å². The molecule has 0 unspecified atom stereocenters. The highest BCUT2D eigenvalue weighted by Crippen LogP contribution is 2.25. The van der Waals surface area contributed by atoms with Crippen molar-refractivity contribution in [3.63, 3.8) is 0 Å². The minimum absolute atomic E-state index is 0.105. The van der Waals surface area contributed by atoms with Gasteiger partial charge in [0.1, 0.15) is 11.6 Å². The van der Waals surface area contributed by atoms with E-state index >= 15 is 0 Å². The van der Waals surface area contributed by atoms with E-state index in [0.29, 0.717) is 10.2 Å². The largest absolute Gasteiger partial charge is 0.307 e. The standard InChI is InChI=1S/C14H10F2N2O3S2/c1-18-11-7-8(5-6-12(11)22-14(18)19)17-23(20,21)13-9(15)3-2-4-10(13)16/h2-7,17H,1H3. The Labute approximate surface area is 133 Å². The van der Waals surface area contributed by atoms with E-state index in [1.807, 2.05) is 0 Å². The molecule has 0 fully saturated rings. The Hall–Kier alpha value is -2.26. The van der Waals surface area contributed by atoms with E-state index in [0.717, 1.165) is 29.5 Å². The topological polar surface area (TPSA) is 68.2 Å². The number of aryl methyl sites for hydroxylation is 1. The molecule has 0 bridgehead atoms. The molecule has 2 aromatic carbocycles. The highest BCUT2D eigenvalue weighted by Gasteiger charge is 2.24. The van der Waals surface area contributed by atoms with Gasteiger partial charge in [0.05, 0.1) is 15.9 Å². The van der Waals surface area contributed by atoms with E-state index in [4.69, 9.17) is 0 Å². The van der Waals surface area contributed by atoms with Crippen LogP contribution in [0.4, 0.5) is 14.5 Å². The fourth-order valence-corrected chi connectivity index (χ4v) is 4.18. The van der Waals surface area contributed by atoms with Crippen molar-refractivity contribution in [2.75, 3.05) is 4.72 Å². The Balaban J connectivity index is 2.07. The smallest absolute Gasteiger partial charge is 0.302 e. The number of nitrogens with one attached hydrogen (secondary N) is 1. The van der Waals surface area contributed by atoms with Crippen LogP contribution in [0.25, 0.3) is 10.2 Å². The maximum Gasteiger partial charge on any atom is 0.307 e. The zero-order chi connectivity index (χ0) is 16.8. The van der Waals surface area contributed by atoms with Crippen molar-refractivity contribution < 1.29 is 17.2 Å². The molecule has 5 nitrogen and oxygen atoms in total. The van der Waals surface area contributed by atoms with E-state index in [2.05, 4.69) is 4.72 Å². The number of hydrogen-bond acceptors (Lipinski definition) is 4. The number of rotatable bonds is 3. The molecule has 0 spiro atoms. The second kappa shape index (κ2) is 5.43. The zero-order valence-corrected chi connectivity index (χ0v) is 13.3. The number of anilines is 1. The summed E-state index contributed by atoms with van der Waals surface area (Å²) >= 11 is 1.02. The van der Waals surface area contributed by atoms with Crippen LogP contribution in [-0.2, 0) is 17.1 Å². The van der Waals surface area contributed by atoms with E-state index in [1.54, 1.807) is 13.1 Å². The minimum Gasteiger partial charge on any atom is -0.302 e. The number of fused-ring (bicyclic) bond motifs is 1. The zero-order valence-electron chi connectivity index (χ0n) is 11.7. The van der Waals surface area contributed by atoms with Crippen molar-refractivity contribution in [3.8, 4) is 0 Å². The molecule has 0 aliphatic carbocycles. The van der Waals surface area contributed by atoms with Gasteiger partial charge in [-0.15, -0.1) is 0 Å². The van der Waals surface area contributed by atoms with Crippen LogP contribution in [0.5, 0.6) is 0 Å². The van der Waals surface area contributed by atoms with Gasteiger partial charge >= 0.3 is 4.87 Å². The maximum absolute atomic E-state index is 13.7. The number of sulfonamides is 1. The molecule has 0 amide bonds. The van der Waals surface area contributed by atoms with Crippen LogP contribution in [0, 0.1) is 11.6 Å². The lowest BCUT2D eigenvalue weighted by molar-refractivity contribution is 0.521. The summed E-state index contributed by atoms with van der Waals surface area (Å²) < 4.78 is 55.9. The molecule has 120 valence electrons. The second-order valence-electron chi connectivity index (χ2n) is 4.77. The molecule has 3 aromatic rings. The van der Waals surface area contributed by atoms with Gasteiger partial charge < -0.3 is 4.57 Å². The fourth-order valence-electron chi connectivity index (χ4n) is 2.14. The van der Waals surface area contributed by atoms with E-state index < -0.39 is 26.6 Å². The molecular weight excluding hydrogens is 346 g/mol. The molecule has 0 atom stereocenters. The van der Waals surface area contributed by atoms with Crippen molar-refractivity contribution in [2.45, 2.75) is 4.90 Å². The summed E-state index contributed by atoms with van der Waals surface area (Å²) in [6.07, 6.45) is 0. The summed E-state index contributed by atoms with van der Waals surface area (Å²) in [5.74, 6) is -2.36. The van der Waals surface area contributed by atoms with Crippen molar-refractivity contribution in [1.29, 1.82) is 0 Å². The molecule has 0 saturated heterocycles. The SMILES string of the molecule is Cn1c(=O)sc2ccc(NS(=O)(=O)c3c(F)cccc3F)cc21. The third kappa shape index (κ3) is 2.73. The predicted octanol–water partition coefficient (Wildman–Crippen LogP) is 2.68. The molecule has 0 aliphatic heterocycles. The first-order chi connectivity index (χ1) is 10.8. The van der Waals surface area contributed by atoms with Gasteiger partial charge in [0.2, 0.25) is 0 Å². The number of hydrogen-bond donors (Lipinski definition) is 1. The van der Waals surface area contributed by atoms with E-state index in [9.17, 15) is 22.0 Å². The van der Waals surface area contributed by atoms with Crippen LogP contribution in [0.2, 0.25) is 0 Å². The molecule has 1 N–H and O–H groups in total. The van der Waals surface area contributed by atoms with Crippen molar-refractivity contribution in [2.24, 2.45) is 7.05 Å². The monoisotopic (exact) mass is 356 g/mol. The quantitative estimate of drug-likeness (QED) is 0.784. The number of aromatic nitrogens is 1. The van der Waals surface area contributed by atoms with E-state index in [-0.39, 0.29) is 10.6 Å². The number of nitrogens with zero attached hydrogens (tertiary/aromatic N) is 1. The van der Waals surface area contributed by atoms with Gasteiger partial charge in [-0.3, -0.25) is 9.52 Å². The molecule has 3 rings (SSSR count). The van der Waals surface area contributed by atoms with Crippen LogP contribution in [-0.4, -0.2) is 13.0 Å². The lowest BCUT2D eigenvalue weighted by Gasteiger charge is -2.10.